The van der Waals surface area contributed by atoms with E-state index in [-0.39, 0.29) is 11.9 Å². The molecule has 0 atom stereocenters. The molecule has 23 heavy (non-hydrogen) atoms. The van der Waals surface area contributed by atoms with E-state index in [0.717, 1.165) is 31.8 Å². The third kappa shape index (κ3) is 5.09. The quantitative estimate of drug-likeness (QED) is 0.850. The molecule has 6 nitrogen and oxygen atoms in total. The van der Waals surface area contributed by atoms with Crippen LogP contribution in [0.15, 0.2) is 0 Å². The summed E-state index contributed by atoms with van der Waals surface area (Å²) in [5, 5.41) is 2.83. The van der Waals surface area contributed by atoms with E-state index in [9.17, 15) is 9.59 Å². The predicted octanol–water partition coefficient (Wildman–Crippen LogP) is 1.37. The Labute approximate surface area is 140 Å². The van der Waals surface area contributed by atoms with Crippen molar-refractivity contribution in [2.75, 3.05) is 46.3 Å². The van der Waals surface area contributed by atoms with Gasteiger partial charge in [0, 0.05) is 45.8 Å². The van der Waals surface area contributed by atoms with Gasteiger partial charge < -0.3 is 15.1 Å². The summed E-state index contributed by atoms with van der Waals surface area (Å²) in [6.45, 7) is 8.30. The molecule has 2 fully saturated rings. The SMILES string of the molecule is CCNC(=O)N1CCN(CC(=O)N(C)C2CCC(C)CC2)CC1. The Bertz CT molecular complexity index is 399. The van der Waals surface area contributed by atoms with Crippen molar-refractivity contribution in [3.8, 4) is 0 Å². The molecule has 2 aliphatic rings. The summed E-state index contributed by atoms with van der Waals surface area (Å²) >= 11 is 0. The number of amides is 3. The maximum atomic E-state index is 12.5. The van der Waals surface area contributed by atoms with E-state index in [0.29, 0.717) is 32.2 Å². The molecule has 0 aromatic rings. The smallest absolute Gasteiger partial charge is 0.317 e. The van der Waals surface area contributed by atoms with Crippen LogP contribution in [-0.4, -0.2) is 79.0 Å². The zero-order valence-corrected chi connectivity index (χ0v) is 14.9. The number of carbonyl (C=O) groups is 2. The lowest BCUT2D eigenvalue weighted by molar-refractivity contribution is -0.134. The standard InChI is InChI=1S/C17H32N4O2/c1-4-18-17(23)21-11-9-20(10-12-21)13-16(22)19(3)15-7-5-14(2)6-8-15/h14-15H,4-13H2,1-3H3,(H,18,23). The van der Waals surface area contributed by atoms with Crippen molar-refractivity contribution in [1.82, 2.24) is 20.0 Å². The zero-order valence-electron chi connectivity index (χ0n) is 14.9. The lowest BCUT2D eigenvalue weighted by Gasteiger charge is -2.37. The summed E-state index contributed by atoms with van der Waals surface area (Å²) in [4.78, 5) is 30.2. The van der Waals surface area contributed by atoms with E-state index in [1.54, 1.807) is 0 Å². The molecule has 0 aromatic carbocycles. The van der Waals surface area contributed by atoms with Crippen LogP contribution in [-0.2, 0) is 4.79 Å². The number of urea groups is 1. The normalized spacial score (nSPS) is 26.0. The van der Waals surface area contributed by atoms with E-state index < -0.39 is 0 Å². The first-order valence-corrected chi connectivity index (χ1v) is 9.02. The summed E-state index contributed by atoms with van der Waals surface area (Å²) in [6.07, 6.45) is 4.73. The van der Waals surface area contributed by atoms with E-state index in [4.69, 9.17) is 0 Å². The summed E-state index contributed by atoms with van der Waals surface area (Å²) < 4.78 is 0. The molecule has 1 saturated carbocycles. The van der Waals surface area contributed by atoms with E-state index in [1.165, 1.54) is 12.8 Å². The van der Waals surface area contributed by atoms with Gasteiger partial charge in [0.2, 0.25) is 5.91 Å². The largest absolute Gasteiger partial charge is 0.342 e. The van der Waals surface area contributed by atoms with Crippen molar-refractivity contribution >= 4 is 11.9 Å². The number of hydrogen-bond donors (Lipinski definition) is 1. The molecule has 0 unspecified atom stereocenters. The van der Waals surface area contributed by atoms with Crippen molar-refractivity contribution in [2.45, 2.75) is 45.6 Å². The summed E-state index contributed by atoms with van der Waals surface area (Å²) in [5.41, 5.74) is 0. The Hall–Kier alpha value is -1.30. The molecule has 6 heteroatoms. The Morgan fingerprint density at radius 3 is 2.26 bits per heavy atom. The second-order valence-corrected chi connectivity index (χ2v) is 7.02. The molecule has 3 amide bonds. The first-order chi connectivity index (χ1) is 11.0. The third-order valence-electron chi connectivity index (χ3n) is 5.27. The van der Waals surface area contributed by atoms with Crippen molar-refractivity contribution in [3.63, 3.8) is 0 Å². The zero-order chi connectivity index (χ0) is 16.8. The molecule has 0 bridgehead atoms. The average Bonchev–Trinajstić information content (AvgIpc) is 2.55. The van der Waals surface area contributed by atoms with Gasteiger partial charge in [0.25, 0.3) is 0 Å². The maximum absolute atomic E-state index is 12.5. The van der Waals surface area contributed by atoms with Gasteiger partial charge in [-0.1, -0.05) is 6.92 Å². The highest BCUT2D eigenvalue weighted by Crippen LogP contribution is 2.26. The van der Waals surface area contributed by atoms with E-state index in [1.807, 2.05) is 23.8 Å². The Morgan fingerprint density at radius 1 is 1.09 bits per heavy atom. The van der Waals surface area contributed by atoms with Crippen LogP contribution < -0.4 is 5.32 Å². The first-order valence-electron chi connectivity index (χ1n) is 9.02. The molecular weight excluding hydrogens is 292 g/mol. The maximum Gasteiger partial charge on any atom is 0.317 e. The van der Waals surface area contributed by atoms with Gasteiger partial charge in [0.05, 0.1) is 6.54 Å². The second-order valence-electron chi connectivity index (χ2n) is 7.02. The van der Waals surface area contributed by atoms with Crippen LogP contribution in [0.25, 0.3) is 0 Å². The molecule has 2 rings (SSSR count). The molecule has 1 N–H and O–H groups in total. The Balaban J connectivity index is 1.73. The van der Waals surface area contributed by atoms with Crippen LogP contribution in [0, 0.1) is 5.92 Å². The van der Waals surface area contributed by atoms with Crippen molar-refractivity contribution < 1.29 is 9.59 Å². The molecule has 1 heterocycles. The summed E-state index contributed by atoms with van der Waals surface area (Å²) in [5.74, 6) is 1.02. The average molecular weight is 324 g/mol. The molecule has 0 spiro atoms. The van der Waals surface area contributed by atoms with Gasteiger partial charge in [0.1, 0.15) is 0 Å². The molecule has 0 radical (unpaired) electrons. The minimum atomic E-state index is 0.00641. The van der Waals surface area contributed by atoms with Crippen LogP contribution in [0.4, 0.5) is 4.79 Å². The van der Waals surface area contributed by atoms with Crippen molar-refractivity contribution in [1.29, 1.82) is 0 Å². The van der Waals surface area contributed by atoms with Crippen LogP contribution in [0.2, 0.25) is 0 Å². The molecule has 1 aliphatic heterocycles. The number of nitrogens with zero attached hydrogens (tertiary/aromatic N) is 3. The minimum absolute atomic E-state index is 0.00641. The minimum Gasteiger partial charge on any atom is -0.342 e. The topological polar surface area (TPSA) is 55.9 Å². The summed E-state index contributed by atoms with van der Waals surface area (Å²) in [6, 6.07) is 0.419. The van der Waals surface area contributed by atoms with Crippen LogP contribution in [0.3, 0.4) is 0 Å². The number of nitrogens with one attached hydrogen (secondary N) is 1. The van der Waals surface area contributed by atoms with E-state index >= 15 is 0 Å². The molecule has 132 valence electrons. The number of carbonyl (C=O) groups excluding carboxylic acids is 2. The van der Waals surface area contributed by atoms with Gasteiger partial charge in [-0.25, -0.2) is 4.79 Å². The highest BCUT2D eigenvalue weighted by atomic mass is 16.2. The lowest BCUT2D eigenvalue weighted by Crippen LogP contribution is -2.54. The van der Waals surface area contributed by atoms with Gasteiger partial charge in [0.15, 0.2) is 0 Å². The number of piperazine rings is 1. The van der Waals surface area contributed by atoms with E-state index in [2.05, 4.69) is 17.1 Å². The number of rotatable bonds is 4. The van der Waals surface area contributed by atoms with Gasteiger partial charge in [-0.05, 0) is 38.5 Å². The lowest BCUT2D eigenvalue weighted by atomic mass is 9.87. The fraction of sp³-hybridized carbons (Fsp3) is 0.882. The van der Waals surface area contributed by atoms with Crippen LogP contribution in [0.1, 0.15) is 39.5 Å². The fourth-order valence-electron chi connectivity index (χ4n) is 3.51. The van der Waals surface area contributed by atoms with Gasteiger partial charge in [-0.2, -0.15) is 0 Å². The Morgan fingerprint density at radius 2 is 1.70 bits per heavy atom. The third-order valence-corrected chi connectivity index (χ3v) is 5.27. The second kappa shape index (κ2) is 8.52. The molecule has 1 saturated heterocycles. The van der Waals surface area contributed by atoms with Crippen molar-refractivity contribution in [2.24, 2.45) is 5.92 Å². The predicted molar refractivity (Wildman–Crippen MR) is 91.3 cm³/mol. The number of hydrogen-bond acceptors (Lipinski definition) is 3. The fourth-order valence-corrected chi connectivity index (χ4v) is 3.51. The van der Waals surface area contributed by atoms with Gasteiger partial charge >= 0.3 is 6.03 Å². The monoisotopic (exact) mass is 324 g/mol. The highest BCUT2D eigenvalue weighted by molar-refractivity contribution is 5.78. The van der Waals surface area contributed by atoms with Crippen LogP contribution in [0.5, 0.6) is 0 Å². The molecule has 0 aromatic heterocycles. The van der Waals surface area contributed by atoms with Crippen molar-refractivity contribution in [3.05, 3.63) is 0 Å². The molecule has 1 aliphatic carbocycles. The van der Waals surface area contributed by atoms with Crippen LogP contribution >= 0.6 is 0 Å². The first kappa shape index (κ1) is 18.0. The van der Waals surface area contributed by atoms with Gasteiger partial charge in [-0.3, -0.25) is 9.69 Å². The van der Waals surface area contributed by atoms with Gasteiger partial charge in [-0.15, -0.1) is 0 Å². The molecular formula is C17H32N4O2. The Kier molecular flexibility index (Phi) is 6.69. The number of likely N-dealkylation sites (N-methyl/N-ethyl adjacent to an activating group) is 1. The summed E-state index contributed by atoms with van der Waals surface area (Å²) in [7, 11) is 1.95. The highest BCUT2D eigenvalue weighted by Gasteiger charge is 2.27.